The molecular weight excluding hydrogens is 394 g/mol. The summed E-state index contributed by atoms with van der Waals surface area (Å²) < 4.78 is 5.09. The molecule has 0 aliphatic rings. The van der Waals surface area contributed by atoms with Crippen molar-refractivity contribution in [2.75, 3.05) is 11.9 Å². The summed E-state index contributed by atoms with van der Waals surface area (Å²) in [6, 6.07) is 15.3. The van der Waals surface area contributed by atoms with E-state index in [1.165, 1.54) is 5.56 Å². The summed E-state index contributed by atoms with van der Waals surface area (Å²) in [6.07, 6.45) is 0.430. The maximum absolute atomic E-state index is 12.3. The molecule has 0 bridgehead atoms. The molecule has 2 aromatic rings. The topological polar surface area (TPSA) is 96.5 Å². The third kappa shape index (κ3) is 9.33. The van der Waals surface area contributed by atoms with Gasteiger partial charge in [-0.05, 0) is 62.9 Å². The average Bonchev–Trinajstić information content (AvgIpc) is 2.69. The van der Waals surface area contributed by atoms with E-state index >= 15 is 0 Å². The summed E-state index contributed by atoms with van der Waals surface area (Å²) in [6.45, 7) is 7.39. The van der Waals surface area contributed by atoms with E-state index in [2.05, 4.69) is 16.0 Å². The lowest BCUT2D eigenvalue weighted by Gasteiger charge is -2.19. The molecule has 0 aliphatic heterocycles. The first-order valence-corrected chi connectivity index (χ1v) is 10.3. The first kappa shape index (κ1) is 23.9. The molecule has 166 valence electrons. The Hall–Kier alpha value is -3.35. The maximum Gasteiger partial charge on any atom is 0.408 e. The van der Waals surface area contributed by atoms with Crippen LogP contribution in [0.25, 0.3) is 0 Å². The molecule has 0 unspecified atom stereocenters. The van der Waals surface area contributed by atoms with E-state index in [-0.39, 0.29) is 24.9 Å². The minimum atomic E-state index is -0.641. The Balaban J connectivity index is 1.77. The molecule has 3 amide bonds. The second kappa shape index (κ2) is 11.2. The number of amides is 3. The van der Waals surface area contributed by atoms with Crippen LogP contribution in [0.2, 0.25) is 0 Å². The highest BCUT2D eigenvalue weighted by Crippen LogP contribution is 2.13. The highest BCUT2D eigenvalue weighted by molar-refractivity contribution is 5.91. The molecule has 0 spiro atoms. The molecule has 7 nitrogen and oxygen atoms in total. The normalized spacial score (nSPS) is 10.8. The number of alkyl carbamates (subject to hydrolysis) is 1. The molecule has 2 rings (SSSR count). The Morgan fingerprint density at radius 3 is 2.39 bits per heavy atom. The molecule has 0 fully saturated rings. The summed E-state index contributed by atoms with van der Waals surface area (Å²) in [5.74, 6) is -0.399. The van der Waals surface area contributed by atoms with Crippen LogP contribution in [0, 0.1) is 6.92 Å². The van der Waals surface area contributed by atoms with Gasteiger partial charge in [0.2, 0.25) is 11.8 Å². The molecule has 0 aromatic heterocycles. The highest BCUT2D eigenvalue weighted by atomic mass is 16.6. The summed E-state index contributed by atoms with van der Waals surface area (Å²) in [5.41, 5.74) is 3.23. The van der Waals surface area contributed by atoms with E-state index in [1.807, 2.05) is 49.4 Å². The van der Waals surface area contributed by atoms with Crippen LogP contribution in [0.1, 0.15) is 43.9 Å². The predicted octanol–water partition coefficient (Wildman–Crippen LogP) is 3.71. The quantitative estimate of drug-likeness (QED) is 0.601. The van der Waals surface area contributed by atoms with Crippen LogP contribution in [0.15, 0.2) is 48.5 Å². The number of nitrogens with one attached hydrogen (secondary N) is 3. The molecular formula is C24H31N3O4. The molecule has 7 heteroatoms. The lowest BCUT2D eigenvalue weighted by atomic mass is 10.0. The first-order valence-electron chi connectivity index (χ1n) is 10.3. The number of rotatable bonds is 8. The van der Waals surface area contributed by atoms with Crippen LogP contribution in [0.3, 0.4) is 0 Å². The Kier molecular flexibility index (Phi) is 8.61. The molecule has 0 heterocycles. The minimum absolute atomic E-state index is 0.0639. The van der Waals surface area contributed by atoms with Gasteiger partial charge in [0, 0.05) is 18.7 Å². The number of benzene rings is 2. The van der Waals surface area contributed by atoms with Crippen LogP contribution >= 0.6 is 0 Å². The lowest BCUT2D eigenvalue weighted by molar-refractivity contribution is -0.120. The second-order valence-corrected chi connectivity index (χ2v) is 8.31. The van der Waals surface area contributed by atoms with Crippen LogP contribution < -0.4 is 16.0 Å². The van der Waals surface area contributed by atoms with Crippen molar-refractivity contribution in [1.82, 2.24) is 10.6 Å². The average molecular weight is 426 g/mol. The van der Waals surface area contributed by atoms with E-state index in [9.17, 15) is 14.4 Å². The molecule has 0 saturated heterocycles. The Bertz CT molecular complexity index is 919. The molecule has 31 heavy (non-hydrogen) atoms. The predicted molar refractivity (Wildman–Crippen MR) is 121 cm³/mol. The van der Waals surface area contributed by atoms with E-state index in [4.69, 9.17) is 4.74 Å². The number of anilines is 1. The Morgan fingerprint density at radius 2 is 1.68 bits per heavy atom. The number of carbonyl (C=O) groups is 3. The number of hydrogen-bond donors (Lipinski definition) is 3. The monoisotopic (exact) mass is 425 g/mol. The SMILES string of the molecule is Cc1ccccc1CCC(=O)Nc1cccc(CNC(=O)CNC(=O)OC(C)(C)C)c1. The van der Waals surface area contributed by atoms with Crippen molar-refractivity contribution in [1.29, 1.82) is 0 Å². The van der Waals surface area contributed by atoms with Gasteiger partial charge in [-0.25, -0.2) is 4.79 Å². The van der Waals surface area contributed by atoms with E-state index < -0.39 is 11.7 Å². The van der Waals surface area contributed by atoms with Gasteiger partial charge in [0.05, 0.1) is 0 Å². The smallest absolute Gasteiger partial charge is 0.408 e. The van der Waals surface area contributed by atoms with Gasteiger partial charge in [-0.2, -0.15) is 0 Å². The van der Waals surface area contributed by atoms with Gasteiger partial charge in [-0.1, -0.05) is 36.4 Å². The van der Waals surface area contributed by atoms with E-state index in [1.54, 1.807) is 26.8 Å². The molecule has 2 aromatic carbocycles. The first-order chi connectivity index (χ1) is 14.6. The van der Waals surface area contributed by atoms with Crippen molar-refractivity contribution in [3.8, 4) is 0 Å². The fourth-order valence-electron chi connectivity index (χ4n) is 2.85. The maximum atomic E-state index is 12.3. The van der Waals surface area contributed by atoms with Crippen molar-refractivity contribution in [3.05, 3.63) is 65.2 Å². The molecule has 3 N–H and O–H groups in total. The van der Waals surface area contributed by atoms with Gasteiger partial charge in [0.1, 0.15) is 12.1 Å². The van der Waals surface area contributed by atoms with Crippen molar-refractivity contribution in [2.24, 2.45) is 0 Å². The number of ether oxygens (including phenoxy) is 1. The number of hydrogen-bond acceptors (Lipinski definition) is 4. The van der Waals surface area contributed by atoms with E-state index in [0.29, 0.717) is 18.5 Å². The zero-order chi connectivity index (χ0) is 22.9. The van der Waals surface area contributed by atoms with Crippen LogP contribution in [-0.2, 0) is 27.3 Å². The second-order valence-electron chi connectivity index (χ2n) is 8.31. The fraction of sp³-hybridized carbons (Fsp3) is 0.375. The largest absolute Gasteiger partial charge is 0.444 e. The number of carbonyl (C=O) groups excluding carboxylic acids is 3. The van der Waals surface area contributed by atoms with Gasteiger partial charge in [0.15, 0.2) is 0 Å². The number of aryl methyl sites for hydroxylation is 2. The summed E-state index contributed by atoms with van der Waals surface area (Å²) in [5, 5.41) is 8.04. The van der Waals surface area contributed by atoms with Crippen LogP contribution in [-0.4, -0.2) is 30.1 Å². The van der Waals surface area contributed by atoms with Crippen molar-refractivity contribution in [2.45, 2.75) is 52.7 Å². The Morgan fingerprint density at radius 1 is 0.935 bits per heavy atom. The van der Waals surface area contributed by atoms with Gasteiger partial charge in [0.25, 0.3) is 0 Å². The molecule has 0 saturated carbocycles. The lowest BCUT2D eigenvalue weighted by Crippen LogP contribution is -2.39. The van der Waals surface area contributed by atoms with Crippen molar-refractivity contribution >= 4 is 23.6 Å². The molecule has 0 radical (unpaired) electrons. The molecule has 0 aliphatic carbocycles. The summed E-state index contributed by atoms with van der Waals surface area (Å²) in [7, 11) is 0. The minimum Gasteiger partial charge on any atom is -0.444 e. The summed E-state index contributed by atoms with van der Waals surface area (Å²) in [4.78, 5) is 35.8. The fourth-order valence-corrected chi connectivity index (χ4v) is 2.85. The zero-order valence-electron chi connectivity index (χ0n) is 18.6. The van der Waals surface area contributed by atoms with Gasteiger partial charge < -0.3 is 20.7 Å². The summed E-state index contributed by atoms with van der Waals surface area (Å²) >= 11 is 0. The standard InChI is InChI=1S/C24H31N3O4/c1-17-8-5-6-10-19(17)12-13-21(28)27-20-11-7-9-18(14-20)15-25-22(29)16-26-23(30)31-24(2,3)4/h5-11,14H,12-13,15-16H2,1-4H3,(H,25,29)(H,26,30)(H,27,28). The highest BCUT2D eigenvalue weighted by Gasteiger charge is 2.16. The molecule has 0 atom stereocenters. The third-order valence-electron chi connectivity index (χ3n) is 4.38. The van der Waals surface area contributed by atoms with Crippen molar-refractivity contribution < 1.29 is 19.1 Å². The third-order valence-corrected chi connectivity index (χ3v) is 4.38. The van der Waals surface area contributed by atoms with Crippen molar-refractivity contribution in [3.63, 3.8) is 0 Å². The zero-order valence-corrected chi connectivity index (χ0v) is 18.6. The van der Waals surface area contributed by atoms with Gasteiger partial charge in [-0.3, -0.25) is 9.59 Å². The van der Waals surface area contributed by atoms with Crippen LogP contribution in [0.4, 0.5) is 10.5 Å². The van der Waals surface area contributed by atoms with E-state index in [0.717, 1.165) is 11.1 Å². The van der Waals surface area contributed by atoms with Crippen LogP contribution in [0.5, 0.6) is 0 Å². The Labute approximate surface area is 183 Å². The van der Waals surface area contributed by atoms with Gasteiger partial charge >= 0.3 is 6.09 Å². The van der Waals surface area contributed by atoms with Gasteiger partial charge in [-0.15, -0.1) is 0 Å².